The van der Waals surface area contributed by atoms with Gasteiger partial charge >= 0.3 is 6.61 Å². The fraction of sp³-hybridized carbons (Fsp3) is 0.214. The number of alkyl halides is 2. The lowest BCUT2D eigenvalue weighted by Crippen LogP contribution is -2.13. The molecule has 1 aromatic carbocycles. The molecular weight excluding hydrogens is 332 g/mol. The Balaban J connectivity index is 2.12. The highest BCUT2D eigenvalue weighted by atomic mass is 32.2. The minimum absolute atomic E-state index is 0.0739. The van der Waals surface area contributed by atoms with Gasteiger partial charge in [0.2, 0.25) is 0 Å². The van der Waals surface area contributed by atoms with Gasteiger partial charge in [-0.05, 0) is 29.1 Å². The van der Waals surface area contributed by atoms with Crippen LogP contribution in [0.15, 0.2) is 35.7 Å². The lowest BCUT2D eigenvalue weighted by molar-refractivity contribution is -0.0498. The van der Waals surface area contributed by atoms with Crippen molar-refractivity contribution >= 4 is 33.7 Å². The molecule has 0 saturated heterocycles. The normalized spacial score (nSPS) is 12.2. The fourth-order valence-electron chi connectivity index (χ4n) is 1.81. The lowest BCUT2D eigenvalue weighted by atomic mass is 10.2. The zero-order valence-electron chi connectivity index (χ0n) is 11.5. The van der Waals surface area contributed by atoms with Crippen molar-refractivity contribution in [3.63, 3.8) is 0 Å². The largest absolute Gasteiger partial charge is 0.433 e. The maximum atomic E-state index is 12.3. The van der Waals surface area contributed by atoms with Crippen LogP contribution in [-0.4, -0.2) is 23.0 Å². The number of thiophene rings is 1. The van der Waals surface area contributed by atoms with Crippen LogP contribution in [0.25, 0.3) is 0 Å². The summed E-state index contributed by atoms with van der Waals surface area (Å²) in [6.07, 6.45) is 1.59. The summed E-state index contributed by atoms with van der Waals surface area (Å²) < 4.78 is 40.0. The quantitative estimate of drug-likeness (QED) is 0.872. The molecule has 1 N–H and O–H groups in total. The Hall–Kier alpha value is -1.80. The van der Waals surface area contributed by atoms with Crippen LogP contribution < -0.4 is 10.1 Å². The minimum atomic E-state index is -2.98. The molecule has 0 bridgehead atoms. The molecule has 0 saturated carbocycles. The van der Waals surface area contributed by atoms with E-state index in [-0.39, 0.29) is 10.6 Å². The molecule has 0 radical (unpaired) electrons. The Kier molecular flexibility index (Phi) is 5.62. The number of anilines is 1. The number of hydrogen-bond donors (Lipinski definition) is 1. The minimum Gasteiger partial charge on any atom is -0.433 e. The maximum absolute atomic E-state index is 12.3. The Labute approximate surface area is 132 Å². The van der Waals surface area contributed by atoms with Crippen molar-refractivity contribution in [1.29, 1.82) is 0 Å². The van der Waals surface area contributed by atoms with Crippen molar-refractivity contribution in [2.45, 2.75) is 12.4 Å². The highest BCUT2D eigenvalue weighted by molar-refractivity contribution is 7.83. The highest BCUT2D eigenvalue weighted by Crippen LogP contribution is 2.27. The molecular formula is C14H13F2NO3S2. The van der Waals surface area contributed by atoms with Crippen molar-refractivity contribution in [1.82, 2.24) is 0 Å². The monoisotopic (exact) mass is 345 g/mol. The third-order valence-electron chi connectivity index (χ3n) is 2.61. The van der Waals surface area contributed by atoms with Gasteiger partial charge in [-0.25, -0.2) is 0 Å². The van der Waals surface area contributed by atoms with Crippen LogP contribution in [0.4, 0.5) is 14.5 Å². The first-order valence-electron chi connectivity index (χ1n) is 6.18. The first-order chi connectivity index (χ1) is 10.5. The second kappa shape index (κ2) is 7.46. The second-order valence-electron chi connectivity index (χ2n) is 4.36. The number of amides is 1. The number of ether oxygens (including phenoxy) is 1. The van der Waals surface area contributed by atoms with E-state index in [0.29, 0.717) is 11.4 Å². The van der Waals surface area contributed by atoms with E-state index < -0.39 is 23.3 Å². The molecule has 0 aliphatic heterocycles. The van der Waals surface area contributed by atoms with Gasteiger partial charge in [0, 0.05) is 28.5 Å². The van der Waals surface area contributed by atoms with Crippen molar-refractivity contribution in [2.75, 3.05) is 11.6 Å². The summed E-state index contributed by atoms with van der Waals surface area (Å²) >= 11 is 1.01. The fourth-order valence-corrected chi connectivity index (χ4v) is 3.18. The molecule has 1 heterocycles. The molecule has 1 aromatic heterocycles. The summed E-state index contributed by atoms with van der Waals surface area (Å²) in [5.41, 5.74) is 1.32. The molecule has 0 aliphatic rings. The van der Waals surface area contributed by atoms with Crippen LogP contribution in [0.1, 0.15) is 15.2 Å². The van der Waals surface area contributed by atoms with Gasteiger partial charge in [0.15, 0.2) is 0 Å². The number of halogens is 2. The van der Waals surface area contributed by atoms with Gasteiger partial charge < -0.3 is 10.1 Å². The summed E-state index contributed by atoms with van der Waals surface area (Å²) in [6.45, 7) is -2.98. The predicted molar refractivity (Wildman–Crippen MR) is 83.1 cm³/mol. The Morgan fingerprint density at radius 3 is 2.86 bits per heavy atom. The van der Waals surface area contributed by atoms with Gasteiger partial charge in [-0.3, -0.25) is 9.00 Å². The average Bonchev–Trinajstić information content (AvgIpc) is 2.85. The van der Waals surface area contributed by atoms with E-state index in [0.717, 1.165) is 16.9 Å². The first kappa shape index (κ1) is 16.6. The van der Waals surface area contributed by atoms with Crippen LogP contribution in [0.3, 0.4) is 0 Å². The van der Waals surface area contributed by atoms with Crippen molar-refractivity contribution in [2.24, 2.45) is 0 Å². The van der Waals surface area contributed by atoms with Crippen LogP contribution in [-0.2, 0) is 16.6 Å². The Bertz CT molecular complexity index is 688. The van der Waals surface area contributed by atoms with Crippen LogP contribution in [0, 0.1) is 0 Å². The zero-order chi connectivity index (χ0) is 16.1. The Morgan fingerprint density at radius 1 is 1.41 bits per heavy atom. The molecule has 118 valence electrons. The van der Waals surface area contributed by atoms with E-state index in [4.69, 9.17) is 0 Å². The van der Waals surface area contributed by atoms with Crippen molar-refractivity contribution < 1.29 is 22.5 Å². The van der Waals surface area contributed by atoms with E-state index in [9.17, 15) is 17.8 Å². The standard InChI is InChI=1S/C14H13F2NO3S2/c1-22(19)8-9-3-2-4-10(7-9)17-13(18)12-11(5-6-21-12)20-14(15)16/h2-7,14H,8H2,1H3,(H,17,18)/t22-/m1/s1. The number of rotatable bonds is 6. The molecule has 0 aliphatic carbocycles. The molecule has 8 heteroatoms. The van der Waals surface area contributed by atoms with Crippen molar-refractivity contribution in [3.8, 4) is 5.75 Å². The van der Waals surface area contributed by atoms with Crippen LogP contribution >= 0.6 is 11.3 Å². The first-order valence-corrected chi connectivity index (χ1v) is 8.79. The van der Waals surface area contributed by atoms with Gasteiger partial charge in [0.05, 0.1) is 0 Å². The third kappa shape index (κ3) is 4.60. The smallest absolute Gasteiger partial charge is 0.387 e. The van der Waals surface area contributed by atoms with Gasteiger partial charge in [-0.2, -0.15) is 8.78 Å². The molecule has 2 rings (SSSR count). The third-order valence-corrected chi connectivity index (χ3v) is 4.24. The lowest BCUT2D eigenvalue weighted by Gasteiger charge is -2.08. The highest BCUT2D eigenvalue weighted by Gasteiger charge is 2.17. The number of nitrogens with one attached hydrogen (secondary N) is 1. The van der Waals surface area contributed by atoms with E-state index in [1.807, 2.05) is 0 Å². The molecule has 0 unspecified atom stereocenters. The number of benzene rings is 1. The van der Waals surface area contributed by atoms with Gasteiger partial charge in [-0.1, -0.05) is 12.1 Å². The SMILES string of the molecule is C[S@@](=O)Cc1cccc(NC(=O)c2sccc2OC(F)F)c1. The number of carbonyl (C=O) groups is 1. The van der Waals surface area contributed by atoms with Crippen LogP contribution in [0.2, 0.25) is 0 Å². The number of hydrogen-bond acceptors (Lipinski definition) is 4. The molecule has 1 atom stereocenters. The van der Waals surface area contributed by atoms with Crippen molar-refractivity contribution in [3.05, 3.63) is 46.2 Å². The van der Waals surface area contributed by atoms with E-state index in [1.165, 1.54) is 11.4 Å². The van der Waals surface area contributed by atoms with E-state index in [1.54, 1.807) is 30.5 Å². The van der Waals surface area contributed by atoms with E-state index >= 15 is 0 Å². The van der Waals surface area contributed by atoms with Gasteiger partial charge in [-0.15, -0.1) is 11.3 Å². The summed E-state index contributed by atoms with van der Waals surface area (Å²) in [4.78, 5) is 12.2. The predicted octanol–water partition coefficient (Wildman–Crippen LogP) is 3.48. The Morgan fingerprint density at radius 2 is 2.18 bits per heavy atom. The zero-order valence-corrected chi connectivity index (χ0v) is 13.2. The second-order valence-corrected chi connectivity index (χ2v) is 6.72. The average molecular weight is 345 g/mol. The van der Waals surface area contributed by atoms with E-state index in [2.05, 4.69) is 10.1 Å². The number of carbonyl (C=O) groups excluding carboxylic acids is 1. The summed E-state index contributed by atoms with van der Waals surface area (Å²) in [7, 11) is -0.991. The maximum Gasteiger partial charge on any atom is 0.387 e. The van der Waals surface area contributed by atoms with Crippen LogP contribution in [0.5, 0.6) is 5.75 Å². The summed E-state index contributed by atoms with van der Waals surface area (Å²) in [6, 6.07) is 8.21. The van der Waals surface area contributed by atoms with Gasteiger partial charge in [0.25, 0.3) is 5.91 Å². The molecule has 1 amide bonds. The molecule has 2 aromatic rings. The molecule has 0 fully saturated rings. The molecule has 4 nitrogen and oxygen atoms in total. The summed E-state index contributed by atoms with van der Waals surface area (Å²) in [5.74, 6) is -0.300. The summed E-state index contributed by atoms with van der Waals surface area (Å²) in [5, 5.41) is 4.12. The van der Waals surface area contributed by atoms with Gasteiger partial charge in [0.1, 0.15) is 10.6 Å². The topological polar surface area (TPSA) is 55.4 Å². The molecule has 0 spiro atoms. The molecule has 22 heavy (non-hydrogen) atoms.